The highest BCUT2D eigenvalue weighted by Gasteiger charge is 2.18. The zero-order valence-corrected chi connectivity index (χ0v) is 11.4. The third-order valence-corrected chi connectivity index (χ3v) is 2.99. The molecule has 1 N–H and O–H groups in total. The Labute approximate surface area is 112 Å². The molecule has 0 aliphatic carbocycles. The van der Waals surface area contributed by atoms with Crippen molar-refractivity contribution in [2.24, 2.45) is 0 Å². The highest BCUT2D eigenvalue weighted by Crippen LogP contribution is 2.15. The lowest BCUT2D eigenvalue weighted by Gasteiger charge is -2.30. The van der Waals surface area contributed by atoms with Crippen molar-refractivity contribution >= 4 is 17.5 Å². The second-order valence-corrected chi connectivity index (χ2v) is 4.73. The standard InChI is InChI=1S/C11H18ClN5O/c1-3-18-11-15-9(12)14-10(16-11)13-8-5-4-6-17(2)7-8/h8H,3-7H2,1-2H3,(H,13,14,15,16). The topological polar surface area (TPSA) is 63.2 Å². The number of rotatable bonds is 4. The Morgan fingerprint density at radius 3 is 3.00 bits per heavy atom. The smallest absolute Gasteiger partial charge is 0.322 e. The fourth-order valence-electron chi connectivity index (χ4n) is 2.06. The molecule has 1 aliphatic rings. The van der Waals surface area contributed by atoms with E-state index in [1.165, 1.54) is 6.42 Å². The van der Waals surface area contributed by atoms with E-state index in [9.17, 15) is 0 Å². The maximum absolute atomic E-state index is 5.84. The molecule has 0 spiro atoms. The van der Waals surface area contributed by atoms with Crippen molar-refractivity contribution in [2.45, 2.75) is 25.8 Å². The summed E-state index contributed by atoms with van der Waals surface area (Å²) in [5, 5.41) is 3.44. The van der Waals surface area contributed by atoms with Crippen molar-refractivity contribution in [1.29, 1.82) is 0 Å². The van der Waals surface area contributed by atoms with Crippen LogP contribution in [-0.4, -0.2) is 52.6 Å². The third kappa shape index (κ3) is 3.68. The lowest BCUT2D eigenvalue weighted by molar-refractivity contribution is 0.260. The molecular formula is C11H18ClN5O. The summed E-state index contributed by atoms with van der Waals surface area (Å²) < 4.78 is 5.24. The summed E-state index contributed by atoms with van der Waals surface area (Å²) in [7, 11) is 2.11. The van der Waals surface area contributed by atoms with Crippen LogP contribution >= 0.6 is 11.6 Å². The van der Waals surface area contributed by atoms with Crippen LogP contribution in [0.3, 0.4) is 0 Å². The van der Waals surface area contributed by atoms with Gasteiger partial charge in [-0.15, -0.1) is 0 Å². The summed E-state index contributed by atoms with van der Waals surface area (Å²) >= 11 is 5.84. The van der Waals surface area contributed by atoms with Crippen LogP contribution in [0.25, 0.3) is 0 Å². The second-order valence-electron chi connectivity index (χ2n) is 4.39. The molecule has 1 saturated heterocycles. The first kappa shape index (κ1) is 13.3. The zero-order valence-electron chi connectivity index (χ0n) is 10.7. The molecule has 18 heavy (non-hydrogen) atoms. The van der Waals surface area contributed by atoms with Gasteiger partial charge in [0.05, 0.1) is 6.61 Å². The van der Waals surface area contributed by atoms with E-state index in [2.05, 4.69) is 32.2 Å². The molecule has 1 unspecified atom stereocenters. The van der Waals surface area contributed by atoms with E-state index in [0.717, 1.165) is 19.5 Å². The summed E-state index contributed by atoms with van der Waals surface area (Å²) in [4.78, 5) is 14.4. The average molecular weight is 272 g/mol. The molecule has 1 aromatic rings. The van der Waals surface area contributed by atoms with E-state index < -0.39 is 0 Å². The van der Waals surface area contributed by atoms with Gasteiger partial charge in [-0.25, -0.2) is 0 Å². The Balaban J connectivity index is 2.03. The first-order valence-electron chi connectivity index (χ1n) is 6.17. The Morgan fingerprint density at radius 2 is 2.28 bits per heavy atom. The van der Waals surface area contributed by atoms with E-state index in [-0.39, 0.29) is 11.3 Å². The number of likely N-dealkylation sites (tertiary alicyclic amines) is 1. The van der Waals surface area contributed by atoms with Crippen LogP contribution in [0.4, 0.5) is 5.95 Å². The van der Waals surface area contributed by atoms with Gasteiger partial charge in [0, 0.05) is 12.6 Å². The highest BCUT2D eigenvalue weighted by molar-refractivity contribution is 6.28. The Kier molecular flexibility index (Phi) is 4.54. The van der Waals surface area contributed by atoms with Gasteiger partial charge in [-0.05, 0) is 45.0 Å². The number of nitrogens with one attached hydrogen (secondary N) is 1. The largest absolute Gasteiger partial charge is 0.464 e. The number of hydrogen-bond donors (Lipinski definition) is 1. The summed E-state index contributed by atoms with van der Waals surface area (Å²) in [6, 6.07) is 0.612. The quantitative estimate of drug-likeness (QED) is 0.894. The van der Waals surface area contributed by atoms with Gasteiger partial charge in [0.15, 0.2) is 0 Å². The van der Waals surface area contributed by atoms with E-state index in [1.807, 2.05) is 6.92 Å². The minimum atomic E-state index is 0.153. The molecule has 1 aliphatic heterocycles. The normalized spacial score (nSPS) is 20.7. The molecule has 7 heteroatoms. The highest BCUT2D eigenvalue weighted by atomic mass is 35.5. The second kappa shape index (κ2) is 6.15. The minimum Gasteiger partial charge on any atom is -0.464 e. The van der Waals surface area contributed by atoms with Crippen LogP contribution in [0, 0.1) is 0 Å². The number of hydrogen-bond acceptors (Lipinski definition) is 6. The van der Waals surface area contributed by atoms with Crippen LogP contribution in [0.5, 0.6) is 6.01 Å². The van der Waals surface area contributed by atoms with Crippen LogP contribution in [-0.2, 0) is 0 Å². The molecule has 1 fully saturated rings. The summed E-state index contributed by atoms with van der Waals surface area (Å²) in [6.07, 6.45) is 2.28. The molecule has 0 amide bonds. The van der Waals surface area contributed by atoms with Gasteiger partial charge < -0.3 is 15.0 Å². The van der Waals surface area contributed by atoms with Gasteiger partial charge >= 0.3 is 6.01 Å². The molecule has 1 atom stereocenters. The van der Waals surface area contributed by atoms with Crippen LogP contribution in [0.2, 0.25) is 5.28 Å². The summed E-state index contributed by atoms with van der Waals surface area (Å²) in [5.74, 6) is 0.485. The van der Waals surface area contributed by atoms with Gasteiger partial charge in [0.25, 0.3) is 0 Å². The van der Waals surface area contributed by atoms with E-state index in [1.54, 1.807) is 0 Å². The number of nitrogens with zero attached hydrogens (tertiary/aromatic N) is 4. The van der Waals surface area contributed by atoms with Crippen LogP contribution in [0.1, 0.15) is 19.8 Å². The number of anilines is 1. The monoisotopic (exact) mass is 271 g/mol. The molecule has 100 valence electrons. The van der Waals surface area contributed by atoms with E-state index in [4.69, 9.17) is 16.3 Å². The van der Waals surface area contributed by atoms with Crippen molar-refractivity contribution in [3.8, 4) is 6.01 Å². The molecule has 2 rings (SSSR count). The zero-order chi connectivity index (χ0) is 13.0. The third-order valence-electron chi connectivity index (χ3n) is 2.82. The maximum Gasteiger partial charge on any atom is 0.322 e. The maximum atomic E-state index is 5.84. The number of ether oxygens (including phenoxy) is 1. The van der Waals surface area contributed by atoms with E-state index in [0.29, 0.717) is 18.6 Å². The number of piperidine rings is 1. The molecule has 0 saturated carbocycles. The van der Waals surface area contributed by atoms with Gasteiger partial charge in [0.2, 0.25) is 11.2 Å². The number of halogens is 1. The molecular weight excluding hydrogens is 254 g/mol. The lowest BCUT2D eigenvalue weighted by atomic mass is 10.1. The molecule has 6 nitrogen and oxygen atoms in total. The summed E-state index contributed by atoms with van der Waals surface area (Å²) in [6.45, 7) is 4.50. The summed E-state index contributed by atoms with van der Waals surface area (Å²) in [5.41, 5.74) is 0. The van der Waals surface area contributed by atoms with Crippen molar-refractivity contribution in [3.63, 3.8) is 0 Å². The Morgan fingerprint density at radius 1 is 1.44 bits per heavy atom. The van der Waals surface area contributed by atoms with Gasteiger partial charge in [-0.3, -0.25) is 0 Å². The van der Waals surface area contributed by atoms with Crippen molar-refractivity contribution in [2.75, 3.05) is 32.1 Å². The van der Waals surface area contributed by atoms with Gasteiger partial charge in [-0.2, -0.15) is 15.0 Å². The van der Waals surface area contributed by atoms with E-state index >= 15 is 0 Å². The first-order valence-corrected chi connectivity index (χ1v) is 6.54. The first-order chi connectivity index (χ1) is 8.67. The molecule has 2 heterocycles. The van der Waals surface area contributed by atoms with Crippen molar-refractivity contribution in [1.82, 2.24) is 19.9 Å². The van der Waals surface area contributed by atoms with Crippen molar-refractivity contribution in [3.05, 3.63) is 5.28 Å². The van der Waals surface area contributed by atoms with Crippen molar-refractivity contribution < 1.29 is 4.74 Å². The fourth-order valence-corrected chi connectivity index (χ4v) is 2.21. The fraction of sp³-hybridized carbons (Fsp3) is 0.727. The molecule has 0 radical (unpaired) electrons. The Bertz CT molecular complexity index is 403. The lowest BCUT2D eigenvalue weighted by Crippen LogP contribution is -2.40. The van der Waals surface area contributed by atoms with Gasteiger partial charge in [0.1, 0.15) is 0 Å². The predicted molar refractivity (Wildman–Crippen MR) is 70.1 cm³/mol. The van der Waals surface area contributed by atoms with Crippen LogP contribution in [0.15, 0.2) is 0 Å². The Hall–Kier alpha value is -1.14. The SMILES string of the molecule is CCOc1nc(Cl)nc(NC2CCCN(C)C2)n1. The molecule has 0 aromatic carbocycles. The predicted octanol–water partition coefficient (Wildman–Crippen LogP) is 1.43. The van der Waals surface area contributed by atoms with Crippen LogP contribution < -0.4 is 10.1 Å². The molecule has 0 bridgehead atoms. The average Bonchev–Trinajstić information content (AvgIpc) is 2.28. The molecule has 1 aromatic heterocycles. The minimum absolute atomic E-state index is 0.153. The van der Waals surface area contributed by atoms with Gasteiger partial charge in [-0.1, -0.05) is 0 Å². The number of aromatic nitrogens is 3. The number of likely N-dealkylation sites (N-methyl/N-ethyl adjacent to an activating group) is 1.